The maximum atomic E-state index is 13.5. The molecule has 4 rings (SSSR count). The quantitative estimate of drug-likeness (QED) is 0.924. The molecule has 0 atom stereocenters. The normalized spacial score (nSPS) is 15.3. The summed E-state index contributed by atoms with van der Waals surface area (Å²) in [6, 6.07) is 1.44. The van der Waals surface area contributed by atoms with Crippen molar-refractivity contribution in [2.75, 3.05) is 18.0 Å². The summed E-state index contributed by atoms with van der Waals surface area (Å²) in [5.74, 6) is -0.164. The fourth-order valence-corrected chi connectivity index (χ4v) is 3.04. The number of halogens is 1. The van der Waals surface area contributed by atoms with Gasteiger partial charge in [0.1, 0.15) is 18.2 Å². The topological polar surface area (TPSA) is 79.2 Å². The van der Waals surface area contributed by atoms with Gasteiger partial charge in [0.25, 0.3) is 0 Å². The summed E-state index contributed by atoms with van der Waals surface area (Å²) in [5.41, 5.74) is 3.18. The van der Waals surface area contributed by atoms with Crippen molar-refractivity contribution in [1.82, 2.24) is 15.0 Å². The van der Waals surface area contributed by atoms with Crippen LogP contribution in [0.3, 0.4) is 0 Å². The molecule has 0 radical (unpaired) electrons. The van der Waals surface area contributed by atoms with Gasteiger partial charge in [-0.3, -0.25) is 9.78 Å². The molecule has 1 aliphatic heterocycles. The molecule has 0 fully saturated rings. The van der Waals surface area contributed by atoms with E-state index < -0.39 is 11.8 Å². The molecule has 0 bridgehead atoms. The van der Waals surface area contributed by atoms with Gasteiger partial charge in [0, 0.05) is 35.9 Å². The van der Waals surface area contributed by atoms with Crippen LogP contribution in [0.4, 0.5) is 10.2 Å². The van der Waals surface area contributed by atoms with Crippen molar-refractivity contribution in [3.05, 3.63) is 53.0 Å². The van der Waals surface area contributed by atoms with Gasteiger partial charge in [-0.2, -0.15) is 0 Å². The Morgan fingerprint density at radius 2 is 2.22 bits per heavy atom. The Morgan fingerprint density at radius 3 is 3.04 bits per heavy atom. The summed E-state index contributed by atoms with van der Waals surface area (Å²) < 4.78 is 13.5. The first-order valence-corrected chi connectivity index (χ1v) is 7.30. The van der Waals surface area contributed by atoms with Crippen LogP contribution in [0.1, 0.15) is 22.6 Å². The van der Waals surface area contributed by atoms with Crippen molar-refractivity contribution in [2.24, 2.45) is 0 Å². The second kappa shape index (κ2) is 5.12. The van der Waals surface area contributed by atoms with E-state index in [-0.39, 0.29) is 6.54 Å². The number of hydrogen-bond acceptors (Lipinski definition) is 5. The van der Waals surface area contributed by atoms with Crippen LogP contribution in [0.15, 0.2) is 24.5 Å². The van der Waals surface area contributed by atoms with Gasteiger partial charge in [-0.05, 0) is 12.5 Å². The van der Waals surface area contributed by atoms with Crippen LogP contribution < -0.4 is 4.90 Å². The standard InChI is InChI=1S/C16H13FN4O2/c17-10-5-12-11(1-2-13(12)18-7-10)15-19-6-9-3-4-21(8-14(22)23)16(9)20-15/h1,5-7H,2-4,8H2,(H,22,23). The predicted octanol–water partition coefficient (Wildman–Crippen LogP) is 1.45. The minimum atomic E-state index is -0.894. The highest BCUT2D eigenvalue weighted by Gasteiger charge is 2.26. The lowest BCUT2D eigenvalue weighted by Crippen LogP contribution is -2.28. The summed E-state index contributed by atoms with van der Waals surface area (Å²) >= 11 is 0. The molecule has 2 aromatic rings. The number of aromatic nitrogens is 3. The Labute approximate surface area is 131 Å². The largest absolute Gasteiger partial charge is 0.480 e. The zero-order valence-corrected chi connectivity index (χ0v) is 12.2. The zero-order valence-electron chi connectivity index (χ0n) is 12.2. The number of carbonyl (C=O) groups is 1. The van der Waals surface area contributed by atoms with Crippen LogP contribution in [0.2, 0.25) is 0 Å². The molecule has 2 aliphatic rings. The highest BCUT2D eigenvalue weighted by atomic mass is 19.1. The molecule has 1 N–H and O–H groups in total. The molecule has 3 heterocycles. The third-order valence-electron chi connectivity index (χ3n) is 4.09. The van der Waals surface area contributed by atoms with Crippen LogP contribution in [-0.2, 0) is 17.6 Å². The van der Waals surface area contributed by atoms with Gasteiger partial charge in [-0.15, -0.1) is 0 Å². The Morgan fingerprint density at radius 1 is 1.35 bits per heavy atom. The molecule has 0 aromatic carbocycles. The van der Waals surface area contributed by atoms with Crippen LogP contribution in [-0.4, -0.2) is 39.1 Å². The van der Waals surface area contributed by atoms with Crippen molar-refractivity contribution in [3.63, 3.8) is 0 Å². The van der Waals surface area contributed by atoms with E-state index in [2.05, 4.69) is 15.0 Å². The van der Waals surface area contributed by atoms with Gasteiger partial charge in [0.2, 0.25) is 0 Å². The van der Waals surface area contributed by atoms with E-state index in [0.717, 1.165) is 23.3 Å². The number of pyridine rings is 1. The maximum Gasteiger partial charge on any atom is 0.323 e. The van der Waals surface area contributed by atoms with Crippen LogP contribution >= 0.6 is 0 Å². The first-order valence-electron chi connectivity index (χ1n) is 7.30. The monoisotopic (exact) mass is 312 g/mol. The Hall–Kier alpha value is -2.83. The fourth-order valence-electron chi connectivity index (χ4n) is 3.04. The molecule has 116 valence electrons. The SMILES string of the molecule is O=C(O)CN1CCc2cnc(C3=CCc4ncc(F)cc43)nc21. The van der Waals surface area contributed by atoms with Gasteiger partial charge >= 0.3 is 5.97 Å². The third kappa shape index (κ3) is 2.34. The lowest BCUT2D eigenvalue weighted by molar-refractivity contribution is -0.135. The third-order valence-corrected chi connectivity index (χ3v) is 4.09. The van der Waals surface area contributed by atoms with Crippen molar-refractivity contribution in [3.8, 4) is 0 Å². The van der Waals surface area contributed by atoms with E-state index in [4.69, 9.17) is 5.11 Å². The average molecular weight is 312 g/mol. The number of rotatable bonds is 3. The van der Waals surface area contributed by atoms with Gasteiger partial charge in [0.05, 0.1) is 11.9 Å². The number of carboxylic acid groups (broad SMARTS) is 1. The number of hydrogen-bond donors (Lipinski definition) is 1. The lowest BCUT2D eigenvalue weighted by atomic mass is 10.1. The summed E-state index contributed by atoms with van der Waals surface area (Å²) in [6.07, 6.45) is 6.20. The molecular formula is C16H13FN4O2. The molecular weight excluding hydrogens is 299 g/mol. The number of fused-ring (bicyclic) bond motifs is 2. The molecule has 0 amide bonds. The number of aliphatic carboxylic acids is 1. The van der Waals surface area contributed by atoms with E-state index in [1.165, 1.54) is 12.3 Å². The zero-order chi connectivity index (χ0) is 16.0. The highest BCUT2D eigenvalue weighted by molar-refractivity contribution is 5.82. The summed E-state index contributed by atoms with van der Waals surface area (Å²) in [7, 11) is 0. The van der Waals surface area contributed by atoms with Gasteiger partial charge < -0.3 is 10.0 Å². The van der Waals surface area contributed by atoms with Crippen LogP contribution in [0.25, 0.3) is 5.57 Å². The van der Waals surface area contributed by atoms with Gasteiger partial charge in [-0.25, -0.2) is 14.4 Å². The fraction of sp³-hybridized carbons (Fsp3) is 0.250. The summed E-state index contributed by atoms with van der Waals surface area (Å²) in [6.45, 7) is 0.529. The molecule has 0 saturated heterocycles. The van der Waals surface area contributed by atoms with Crippen molar-refractivity contribution in [1.29, 1.82) is 0 Å². The second-order valence-corrected chi connectivity index (χ2v) is 5.58. The van der Waals surface area contributed by atoms with E-state index >= 15 is 0 Å². The molecule has 23 heavy (non-hydrogen) atoms. The highest BCUT2D eigenvalue weighted by Crippen LogP contribution is 2.32. The Bertz CT molecular complexity index is 850. The van der Waals surface area contributed by atoms with E-state index in [1.807, 2.05) is 6.08 Å². The average Bonchev–Trinajstić information content (AvgIpc) is 3.10. The summed E-state index contributed by atoms with van der Waals surface area (Å²) in [5, 5.41) is 8.99. The van der Waals surface area contributed by atoms with E-state index in [0.29, 0.717) is 30.2 Å². The molecule has 6 nitrogen and oxygen atoms in total. The second-order valence-electron chi connectivity index (χ2n) is 5.58. The van der Waals surface area contributed by atoms with Crippen molar-refractivity contribution < 1.29 is 14.3 Å². The van der Waals surface area contributed by atoms with E-state index in [9.17, 15) is 9.18 Å². The summed E-state index contributed by atoms with van der Waals surface area (Å²) in [4.78, 5) is 25.7. The maximum absolute atomic E-state index is 13.5. The molecule has 1 aliphatic carbocycles. The van der Waals surface area contributed by atoms with Gasteiger partial charge in [0.15, 0.2) is 5.82 Å². The van der Waals surface area contributed by atoms with Crippen LogP contribution in [0, 0.1) is 5.82 Å². The predicted molar refractivity (Wildman–Crippen MR) is 80.6 cm³/mol. The Kier molecular flexibility index (Phi) is 3.07. The van der Waals surface area contributed by atoms with Crippen molar-refractivity contribution >= 4 is 17.4 Å². The van der Waals surface area contributed by atoms with Crippen LogP contribution in [0.5, 0.6) is 0 Å². The molecule has 0 saturated carbocycles. The lowest BCUT2D eigenvalue weighted by Gasteiger charge is -2.16. The number of anilines is 1. The van der Waals surface area contributed by atoms with E-state index in [1.54, 1.807) is 11.1 Å². The molecule has 0 unspecified atom stereocenters. The number of carboxylic acids is 1. The minimum absolute atomic E-state index is 0.0880. The number of nitrogens with zero attached hydrogens (tertiary/aromatic N) is 4. The van der Waals surface area contributed by atoms with Crippen molar-refractivity contribution in [2.45, 2.75) is 12.8 Å². The molecule has 2 aromatic heterocycles. The Balaban J connectivity index is 1.73. The molecule has 0 spiro atoms. The molecule has 7 heteroatoms. The first-order chi connectivity index (χ1) is 11.1. The first kappa shape index (κ1) is 13.8. The minimum Gasteiger partial charge on any atom is -0.480 e. The number of allylic oxidation sites excluding steroid dienone is 1. The smallest absolute Gasteiger partial charge is 0.323 e. The van der Waals surface area contributed by atoms with Gasteiger partial charge in [-0.1, -0.05) is 6.08 Å².